The third kappa shape index (κ3) is 5.40. The monoisotopic (exact) mass is 578 g/mol. The molecule has 11 nitrogen and oxygen atoms in total. The number of carbonyl (C=O) groups is 2. The summed E-state index contributed by atoms with van der Waals surface area (Å²) < 4.78 is 27.1. The highest BCUT2D eigenvalue weighted by Gasteiger charge is 2.39. The van der Waals surface area contributed by atoms with Crippen LogP contribution in [0.25, 0.3) is 0 Å². The standard InChI is InChI=1S/C24H27ClN6O5S2/c1-3-35-24(33)15-13-37-23(27-15)21-20-14(26-18-6-4-5-10-30(18)20)9-11-31(21)19(32)12-36-16-7-8-17(28-22(16)25)29-38(2)34/h7-8,13,21H,3-6,9-12H2,1-2H3,(H,28,29). The van der Waals surface area contributed by atoms with Gasteiger partial charge in [0.05, 0.1) is 18.0 Å². The highest BCUT2D eigenvalue weighted by Crippen LogP contribution is 2.39. The molecule has 2 unspecified atom stereocenters. The number of aromatic nitrogens is 4. The van der Waals surface area contributed by atoms with E-state index in [2.05, 4.69) is 19.3 Å². The summed E-state index contributed by atoms with van der Waals surface area (Å²) in [5, 5.41) is 2.34. The van der Waals surface area contributed by atoms with Crippen LogP contribution in [0.15, 0.2) is 17.5 Å². The van der Waals surface area contributed by atoms with Crippen molar-refractivity contribution in [3.63, 3.8) is 0 Å². The number of ether oxygens (including phenoxy) is 2. The summed E-state index contributed by atoms with van der Waals surface area (Å²) in [6, 6.07) is 2.65. The number of nitrogens with one attached hydrogen (secondary N) is 1. The smallest absolute Gasteiger partial charge is 0.357 e. The molecule has 3 aromatic heterocycles. The molecule has 202 valence electrons. The van der Waals surface area contributed by atoms with Crippen molar-refractivity contribution < 1.29 is 23.3 Å². The Kier molecular flexibility index (Phi) is 7.96. The van der Waals surface area contributed by atoms with E-state index in [4.69, 9.17) is 26.1 Å². The van der Waals surface area contributed by atoms with Crippen LogP contribution in [0.4, 0.5) is 5.82 Å². The first kappa shape index (κ1) is 26.6. The number of esters is 1. The number of halogens is 1. The first-order valence-electron chi connectivity index (χ1n) is 12.2. The van der Waals surface area contributed by atoms with Gasteiger partial charge in [0.1, 0.15) is 33.7 Å². The molecule has 0 spiro atoms. The first-order chi connectivity index (χ1) is 18.4. The van der Waals surface area contributed by atoms with Gasteiger partial charge in [-0.05, 0) is 31.9 Å². The second kappa shape index (κ2) is 11.4. The Morgan fingerprint density at radius 1 is 1.21 bits per heavy atom. The molecule has 2 atom stereocenters. The molecule has 0 bridgehead atoms. The summed E-state index contributed by atoms with van der Waals surface area (Å²) in [6.07, 6.45) is 5.11. The summed E-state index contributed by atoms with van der Waals surface area (Å²) >= 11 is 7.55. The average Bonchev–Trinajstić information content (AvgIpc) is 3.52. The number of aryl methyl sites for hydroxylation is 1. The van der Waals surface area contributed by atoms with Gasteiger partial charge in [0.25, 0.3) is 5.91 Å². The van der Waals surface area contributed by atoms with Gasteiger partial charge in [-0.25, -0.2) is 24.0 Å². The minimum atomic E-state index is -1.30. The zero-order valence-electron chi connectivity index (χ0n) is 20.9. The normalized spacial score (nSPS) is 17.3. The number of fused-ring (bicyclic) bond motifs is 3. The fourth-order valence-electron chi connectivity index (χ4n) is 4.74. The minimum Gasteiger partial charge on any atom is -0.481 e. The van der Waals surface area contributed by atoms with Gasteiger partial charge in [-0.15, -0.1) is 11.3 Å². The van der Waals surface area contributed by atoms with Crippen LogP contribution in [0.3, 0.4) is 0 Å². The molecule has 1 N–H and O–H groups in total. The highest BCUT2D eigenvalue weighted by atomic mass is 35.5. The van der Waals surface area contributed by atoms with Crippen molar-refractivity contribution in [2.45, 2.75) is 45.2 Å². The maximum atomic E-state index is 13.6. The molecule has 2 aliphatic heterocycles. The van der Waals surface area contributed by atoms with E-state index < -0.39 is 23.0 Å². The van der Waals surface area contributed by atoms with E-state index in [9.17, 15) is 13.8 Å². The fourth-order valence-corrected chi connectivity index (χ4v) is 6.26. The lowest BCUT2D eigenvalue weighted by molar-refractivity contribution is -0.135. The van der Waals surface area contributed by atoms with Gasteiger partial charge < -0.3 is 18.9 Å². The van der Waals surface area contributed by atoms with Gasteiger partial charge in [-0.3, -0.25) is 9.52 Å². The predicted octanol–water partition coefficient (Wildman–Crippen LogP) is 3.16. The molecule has 38 heavy (non-hydrogen) atoms. The van der Waals surface area contributed by atoms with E-state index in [1.165, 1.54) is 17.6 Å². The Hall–Kier alpha value is -3.03. The van der Waals surface area contributed by atoms with Gasteiger partial charge in [0, 0.05) is 37.6 Å². The average molecular weight is 579 g/mol. The zero-order chi connectivity index (χ0) is 26.8. The largest absolute Gasteiger partial charge is 0.481 e. The second-order valence-corrected chi connectivity index (χ2v) is 11.2. The molecular weight excluding hydrogens is 552 g/mol. The third-order valence-electron chi connectivity index (χ3n) is 6.33. The van der Waals surface area contributed by atoms with Crippen LogP contribution in [0.2, 0.25) is 5.15 Å². The number of nitrogens with zero attached hydrogens (tertiary/aromatic N) is 5. The number of hydrogen-bond acceptors (Lipinski definition) is 9. The number of hydrogen-bond donors (Lipinski definition) is 1. The topological polar surface area (TPSA) is 129 Å². The third-order valence-corrected chi connectivity index (χ3v) is 7.99. The Balaban J connectivity index is 1.42. The Morgan fingerprint density at radius 2 is 2.05 bits per heavy atom. The van der Waals surface area contributed by atoms with Crippen molar-refractivity contribution in [1.29, 1.82) is 0 Å². The fraction of sp³-hybridized carbons (Fsp3) is 0.458. The Bertz CT molecular complexity index is 1390. The van der Waals surface area contributed by atoms with E-state index in [-0.39, 0.29) is 35.7 Å². The molecule has 0 aliphatic carbocycles. The van der Waals surface area contributed by atoms with E-state index >= 15 is 0 Å². The highest BCUT2D eigenvalue weighted by molar-refractivity contribution is 7.85. The van der Waals surface area contributed by atoms with Crippen molar-refractivity contribution in [1.82, 2.24) is 24.4 Å². The van der Waals surface area contributed by atoms with Crippen molar-refractivity contribution >= 4 is 51.6 Å². The Morgan fingerprint density at radius 3 is 2.82 bits per heavy atom. The summed E-state index contributed by atoms with van der Waals surface area (Å²) in [4.78, 5) is 41.2. The SMILES string of the molecule is CCOC(=O)c1csc(C2c3c(nc4n3CCCC4)CCN2C(=O)COc2ccc(NS(C)=O)nc2Cl)n1. The number of thiazole rings is 1. The zero-order valence-corrected chi connectivity index (χ0v) is 23.3. The number of anilines is 1. The molecule has 0 saturated carbocycles. The molecule has 2 aliphatic rings. The van der Waals surface area contributed by atoms with Gasteiger partial charge in [0.2, 0.25) is 0 Å². The second-order valence-electron chi connectivity index (χ2n) is 8.83. The number of imidazole rings is 1. The molecular formula is C24H27ClN6O5S2. The molecule has 0 fully saturated rings. The molecule has 0 radical (unpaired) electrons. The molecule has 14 heteroatoms. The maximum Gasteiger partial charge on any atom is 0.357 e. The van der Waals surface area contributed by atoms with Gasteiger partial charge in [0.15, 0.2) is 23.2 Å². The lowest BCUT2D eigenvalue weighted by atomic mass is 10.0. The van der Waals surface area contributed by atoms with Crippen LogP contribution in [-0.2, 0) is 39.9 Å². The van der Waals surface area contributed by atoms with Gasteiger partial charge in [-0.1, -0.05) is 11.6 Å². The number of pyridine rings is 1. The molecule has 0 aromatic carbocycles. The van der Waals surface area contributed by atoms with Gasteiger partial charge in [-0.2, -0.15) is 0 Å². The van der Waals surface area contributed by atoms with Crippen LogP contribution >= 0.6 is 22.9 Å². The quantitative estimate of drug-likeness (QED) is 0.319. The first-order valence-corrected chi connectivity index (χ1v) is 15.1. The molecule has 0 saturated heterocycles. The lowest BCUT2D eigenvalue weighted by Gasteiger charge is -2.35. The Labute approximate surface area is 231 Å². The van der Waals surface area contributed by atoms with Crippen LogP contribution in [0.5, 0.6) is 5.75 Å². The van der Waals surface area contributed by atoms with E-state index in [1.54, 1.807) is 29.3 Å². The van der Waals surface area contributed by atoms with E-state index in [1.807, 2.05) is 0 Å². The lowest BCUT2D eigenvalue weighted by Crippen LogP contribution is -2.43. The van der Waals surface area contributed by atoms with Gasteiger partial charge >= 0.3 is 5.97 Å². The van der Waals surface area contributed by atoms with Crippen LogP contribution < -0.4 is 9.46 Å². The van der Waals surface area contributed by atoms with Crippen LogP contribution in [0, 0.1) is 0 Å². The molecule has 5 heterocycles. The van der Waals surface area contributed by atoms with E-state index in [0.717, 1.165) is 43.0 Å². The number of carbonyl (C=O) groups excluding carboxylic acids is 2. The summed E-state index contributed by atoms with van der Waals surface area (Å²) in [5.41, 5.74) is 2.14. The summed E-state index contributed by atoms with van der Waals surface area (Å²) in [5.74, 6) is 0.855. The van der Waals surface area contributed by atoms with Crippen molar-refractivity contribution in [3.05, 3.63) is 50.6 Å². The molecule has 5 rings (SSSR count). The van der Waals surface area contributed by atoms with Crippen molar-refractivity contribution in [3.8, 4) is 5.75 Å². The summed E-state index contributed by atoms with van der Waals surface area (Å²) in [7, 11) is -1.30. The molecule has 1 amide bonds. The summed E-state index contributed by atoms with van der Waals surface area (Å²) in [6.45, 7) is 2.99. The van der Waals surface area contributed by atoms with Crippen LogP contribution in [0.1, 0.15) is 58.5 Å². The van der Waals surface area contributed by atoms with Crippen LogP contribution in [-0.4, -0.2) is 66.5 Å². The van der Waals surface area contributed by atoms with Crippen molar-refractivity contribution in [2.24, 2.45) is 0 Å². The minimum absolute atomic E-state index is 0.0505. The number of rotatable bonds is 8. The van der Waals surface area contributed by atoms with Crippen molar-refractivity contribution in [2.75, 3.05) is 30.7 Å². The molecule has 3 aromatic rings. The predicted molar refractivity (Wildman–Crippen MR) is 143 cm³/mol. The number of amides is 1. The van der Waals surface area contributed by atoms with E-state index in [0.29, 0.717) is 23.8 Å². The maximum absolute atomic E-state index is 13.6.